The lowest BCUT2D eigenvalue weighted by atomic mass is 10.00. The summed E-state index contributed by atoms with van der Waals surface area (Å²) in [5, 5.41) is 3.78. The summed E-state index contributed by atoms with van der Waals surface area (Å²) in [5.74, 6) is -0.138. The number of rotatable bonds is 3. The first kappa shape index (κ1) is 14.5. The Kier molecular flexibility index (Phi) is 3.77. The Balaban J connectivity index is 2.29. The van der Waals surface area contributed by atoms with Crippen LogP contribution < -0.4 is 5.43 Å². The molecule has 0 spiro atoms. The minimum Gasteiger partial charge on any atom is -0.285 e. The van der Waals surface area contributed by atoms with Gasteiger partial charge in [0.2, 0.25) is 0 Å². The molecule has 0 aliphatic heterocycles. The molecule has 0 saturated heterocycles. The molecule has 2 aromatic carbocycles. The van der Waals surface area contributed by atoms with E-state index in [1.165, 1.54) is 5.56 Å². The highest BCUT2D eigenvalue weighted by molar-refractivity contribution is 6.08. The highest BCUT2D eigenvalue weighted by Gasteiger charge is 2.14. The van der Waals surface area contributed by atoms with E-state index in [0.29, 0.717) is 5.56 Å². The van der Waals surface area contributed by atoms with Crippen LogP contribution in [-0.4, -0.2) is 30.0 Å². The number of aromatic nitrogens is 1. The van der Waals surface area contributed by atoms with Gasteiger partial charge in [-0.25, -0.2) is 9.99 Å². The standard InChI is InChI=1S/C18H19N3O/c1-4-12-9-10-14(18(22)20-21(2)3)17-15(12)11-13-7-5-6-8-16(13)19-17/h5-11H,4H2,1-3H3,(H,20,22). The molecule has 0 fully saturated rings. The third-order valence-electron chi connectivity index (χ3n) is 3.73. The molecule has 1 amide bonds. The number of hydrogen-bond donors (Lipinski definition) is 1. The van der Waals surface area contributed by atoms with Gasteiger partial charge in [0.25, 0.3) is 5.91 Å². The number of hydrazine groups is 1. The number of para-hydroxylation sites is 1. The summed E-state index contributed by atoms with van der Waals surface area (Å²) >= 11 is 0. The topological polar surface area (TPSA) is 45.2 Å². The van der Waals surface area contributed by atoms with Crippen LogP contribution in [0.1, 0.15) is 22.8 Å². The molecule has 3 rings (SSSR count). The molecule has 0 bridgehead atoms. The van der Waals surface area contributed by atoms with Crippen LogP contribution in [0.3, 0.4) is 0 Å². The van der Waals surface area contributed by atoms with Crippen molar-refractivity contribution in [2.24, 2.45) is 0 Å². The van der Waals surface area contributed by atoms with E-state index >= 15 is 0 Å². The van der Waals surface area contributed by atoms with E-state index in [0.717, 1.165) is 28.2 Å². The number of nitrogens with one attached hydrogen (secondary N) is 1. The number of nitrogens with zero attached hydrogens (tertiary/aromatic N) is 2. The Labute approximate surface area is 129 Å². The lowest BCUT2D eigenvalue weighted by Gasteiger charge is -2.14. The van der Waals surface area contributed by atoms with Gasteiger partial charge in [-0.05, 0) is 30.2 Å². The van der Waals surface area contributed by atoms with E-state index in [1.807, 2.05) is 36.4 Å². The lowest BCUT2D eigenvalue weighted by Crippen LogP contribution is -2.36. The van der Waals surface area contributed by atoms with Crippen molar-refractivity contribution in [1.82, 2.24) is 15.4 Å². The number of aryl methyl sites for hydroxylation is 1. The van der Waals surface area contributed by atoms with Gasteiger partial charge in [0.1, 0.15) is 0 Å². The van der Waals surface area contributed by atoms with Crippen molar-refractivity contribution in [3.8, 4) is 0 Å². The quantitative estimate of drug-likeness (QED) is 0.596. The van der Waals surface area contributed by atoms with Gasteiger partial charge < -0.3 is 0 Å². The first-order chi connectivity index (χ1) is 10.6. The third-order valence-corrected chi connectivity index (χ3v) is 3.73. The summed E-state index contributed by atoms with van der Waals surface area (Å²) in [4.78, 5) is 17.1. The fourth-order valence-electron chi connectivity index (χ4n) is 2.67. The summed E-state index contributed by atoms with van der Waals surface area (Å²) < 4.78 is 0. The van der Waals surface area contributed by atoms with Crippen LogP contribution >= 0.6 is 0 Å². The highest BCUT2D eigenvalue weighted by Crippen LogP contribution is 2.26. The molecule has 0 aliphatic rings. The molecule has 1 N–H and O–H groups in total. The molecule has 22 heavy (non-hydrogen) atoms. The average molecular weight is 293 g/mol. The Hall–Kier alpha value is -2.46. The molecule has 0 aliphatic carbocycles. The van der Waals surface area contributed by atoms with Gasteiger partial charge in [0.15, 0.2) is 0 Å². The van der Waals surface area contributed by atoms with Gasteiger partial charge in [-0.1, -0.05) is 31.2 Å². The molecule has 4 nitrogen and oxygen atoms in total. The smallest absolute Gasteiger partial charge is 0.267 e. The van der Waals surface area contributed by atoms with Crippen LogP contribution in [0.25, 0.3) is 21.8 Å². The maximum absolute atomic E-state index is 12.4. The van der Waals surface area contributed by atoms with Crippen molar-refractivity contribution in [3.05, 3.63) is 53.6 Å². The van der Waals surface area contributed by atoms with E-state index in [-0.39, 0.29) is 5.91 Å². The van der Waals surface area contributed by atoms with Crippen molar-refractivity contribution in [2.45, 2.75) is 13.3 Å². The van der Waals surface area contributed by atoms with Crippen molar-refractivity contribution < 1.29 is 4.79 Å². The molecule has 3 aromatic rings. The van der Waals surface area contributed by atoms with Crippen LogP contribution in [0.15, 0.2) is 42.5 Å². The van der Waals surface area contributed by atoms with Gasteiger partial charge in [-0.3, -0.25) is 10.2 Å². The molecular formula is C18H19N3O. The second-order valence-corrected chi connectivity index (χ2v) is 5.54. The molecule has 0 radical (unpaired) electrons. The largest absolute Gasteiger partial charge is 0.285 e. The van der Waals surface area contributed by atoms with Gasteiger partial charge in [-0.15, -0.1) is 0 Å². The van der Waals surface area contributed by atoms with Crippen LogP contribution in [0.5, 0.6) is 0 Å². The molecule has 112 valence electrons. The van der Waals surface area contributed by atoms with E-state index in [4.69, 9.17) is 4.98 Å². The zero-order valence-corrected chi connectivity index (χ0v) is 13.1. The SMILES string of the molecule is CCc1ccc(C(=O)NN(C)C)c2nc3ccccc3cc12. The molecular weight excluding hydrogens is 274 g/mol. The summed E-state index contributed by atoms with van der Waals surface area (Å²) in [6.07, 6.45) is 0.909. The normalized spacial score (nSPS) is 11.3. The van der Waals surface area contributed by atoms with Crippen molar-refractivity contribution >= 4 is 27.7 Å². The average Bonchev–Trinajstić information content (AvgIpc) is 2.51. The number of fused-ring (bicyclic) bond motifs is 2. The second-order valence-electron chi connectivity index (χ2n) is 5.54. The Bertz CT molecular complexity index is 855. The zero-order chi connectivity index (χ0) is 15.7. The summed E-state index contributed by atoms with van der Waals surface area (Å²) in [7, 11) is 3.59. The molecule has 0 atom stereocenters. The van der Waals surface area contributed by atoms with Gasteiger partial charge in [0.05, 0.1) is 16.6 Å². The Morgan fingerprint density at radius 3 is 2.68 bits per heavy atom. The van der Waals surface area contributed by atoms with Crippen molar-refractivity contribution in [1.29, 1.82) is 0 Å². The number of benzene rings is 2. The predicted molar refractivity (Wildman–Crippen MR) is 89.8 cm³/mol. The number of carbonyl (C=O) groups is 1. The first-order valence-electron chi connectivity index (χ1n) is 7.40. The minimum atomic E-state index is -0.138. The molecule has 4 heteroatoms. The Morgan fingerprint density at radius 1 is 1.18 bits per heavy atom. The van der Waals surface area contributed by atoms with E-state index < -0.39 is 0 Å². The lowest BCUT2D eigenvalue weighted by molar-refractivity contribution is 0.0858. The minimum absolute atomic E-state index is 0.138. The van der Waals surface area contributed by atoms with E-state index in [1.54, 1.807) is 19.1 Å². The van der Waals surface area contributed by atoms with Gasteiger partial charge in [0, 0.05) is 24.9 Å². The molecule has 0 saturated carbocycles. The van der Waals surface area contributed by atoms with Crippen LogP contribution in [-0.2, 0) is 6.42 Å². The van der Waals surface area contributed by atoms with Crippen LogP contribution in [0.4, 0.5) is 0 Å². The monoisotopic (exact) mass is 293 g/mol. The van der Waals surface area contributed by atoms with Crippen LogP contribution in [0, 0.1) is 0 Å². The second kappa shape index (κ2) is 5.73. The van der Waals surface area contributed by atoms with Crippen LogP contribution in [0.2, 0.25) is 0 Å². The fraction of sp³-hybridized carbons (Fsp3) is 0.222. The van der Waals surface area contributed by atoms with E-state index in [9.17, 15) is 4.79 Å². The predicted octanol–water partition coefficient (Wildman–Crippen LogP) is 3.16. The van der Waals surface area contributed by atoms with Gasteiger partial charge >= 0.3 is 0 Å². The van der Waals surface area contributed by atoms with E-state index in [2.05, 4.69) is 18.4 Å². The highest BCUT2D eigenvalue weighted by atomic mass is 16.2. The summed E-state index contributed by atoms with van der Waals surface area (Å²) in [6.45, 7) is 2.11. The third kappa shape index (κ3) is 2.53. The maximum Gasteiger partial charge on any atom is 0.267 e. The number of hydrogen-bond acceptors (Lipinski definition) is 3. The molecule has 1 aromatic heterocycles. The zero-order valence-electron chi connectivity index (χ0n) is 13.1. The number of carbonyl (C=O) groups excluding carboxylic acids is 1. The number of amides is 1. The first-order valence-corrected chi connectivity index (χ1v) is 7.40. The van der Waals surface area contributed by atoms with Crippen molar-refractivity contribution in [3.63, 3.8) is 0 Å². The fourth-order valence-corrected chi connectivity index (χ4v) is 2.67. The maximum atomic E-state index is 12.4. The van der Waals surface area contributed by atoms with Gasteiger partial charge in [-0.2, -0.15) is 0 Å². The van der Waals surface area contributed by atoms with Crippen molar-refractivity contribution in [2.75, 3.05) is 14.1 Å². The molecule has 0 unspecified atom stereocenters. The Morgan fingerprint density at radius 2 is 1.95 bits per heavy atom. The number of pyridine rings is 1. The summed E-state index contributed by atoms with van der Waals surface area (Å²) in [5.41, 5.74) is 6.26. The molecule has 1 heterocycles. The summed E-state index contributed by atoms with van der Waals surface area (Å²) in [6, 6.07) is 14.0.